The van der Waals surface area contributed by atoms with Gasteiger partial charge in [0.25, 0.3) is 0 Å². The third-order valence-corrected chi connectivity index (χ3v) is 2.28. The third kappa shape index (κ3) is 4.42. The lowest BCUT2D eigenvalue weighted by Crippen LogP contribution is -2.37. The minimum absolute atomic E-state index is 0.101. The van der Waals surface area contributed by atoms with Crippen LogP contribution in [-0.2, 0) is 16.0 Å². The van der Waals surface area contributed by atoms with E-state index in [0.29, 0.717) is 5.75 Å². The average molecular weight is 253 g/mol. The van der Waals surface area contributed by atoms with Crippen LogP contribution in [0.25, 0.3) is 0 Å². The molecule has 1 rings (SSSR count). The molecule has 0 radical (unpaired) electrons. The number of aliphatic hydroxyl groups excluding tert-OH is 1. The first kappa shape index (κ1) is 14.0. The number of carboxylic acids is 1. The lowest BCUT2D eigenvalue weighted by molar-refractivity contribution is -0.146. The Kier molecular flexibility index (Phi) is 5.13. The Bertz CT molecular complexity index is 432. The first-order chi connectivity index (χ1) is 8.52. The van der Waals surface area contributed by atoms with Crippen LogP contribution in [0.15, 0.2) is 24.3 Å². The predicted molar refractivity (Wildman–Crippen MR) is 63.4 cm³/mol. The van der Waals surface area contributed by atoms with Gasteiger partial charge in [0.1, 0.15) is 5.75 Å². The fourth-order valence-corrected chi connectivity index (χ4v) is 1.33. The quantitative estimate of drug-likeness (QED) is 0.652. The summed E-state index contributed by atoms with van der Waals surface area (Å²) in [5.41, 5.74) is 0.747. The van der Waals surface area contributed by atoms with Gasteiger partial charge in [0.15, 0.2) is 6.10 Å². The molecule has 0 spiro atoms. The highest BCUT2D eigenvalue weighted by atomic mass is 16.5. The summed E-state index contributed by atoms with van der Waals surface area (Å²) in [5, 5.41) is 19.8. The van der Waals surface area contributed by atoms with E-state index in [1.807, 2.05) is 0 Å². The van der Waals surface area contributed by atoms with E-state index in [4.69, 9.17) is 14.9 Å². The van der Waals surface area contributed by atoms with Gasteiger partial charge in [-0.2, -0.15) is 0 Å². The highest BCUT2D eigenvalue weighted by Crippen LogP contribution is 2.12. The molecule has 0 saturated heterocycles. The first-order valence-electron chi connectivity index (χ1n) is 5.33. The van der Waals surface area contributed by atoms with E-state index in [9.17, 15) is 9.59 Å². The van der Waals surface area contributed by atoms with Crippen molar-refractivity contribution in [3.63, 3.8) is 0 Å². The zero-order valence-electron chi connectivity index (χ0n) is 9.92. The number of methoxy groups -OCH3 is 1. The Morgan fingerprint density at radius 1 is 1.44 bits per heavy atom. The van der Waals surface area contributed by atoms with Crippen molar-refractivity contribution in [1.29, 1.82) is 0 Å². The molecule has 0 aromatic heterocycles. The van der Waals surface area contributed by atoms with Crippen molar-refractivity contribution >= 4 is 11.9 Å². The number of aliphatic hydroxyl groups is 1. The van der Waals surface area contributed by atoms with E-state index in [1.54, 1.807) is 24.3 Å². The van der Waals surface area contributed by atoms with E-state index < -0.39 is 12.1 Å². The number of rotatable bonds is 6. The Morgan fingerprint density at radius 3 is 2.78 bits per heavy atom. The van der Waals surface area contributed by atoms with Gasteiger partial charge in [-0.1, -0.05) is 12.1 Å². The zero-order valence-corrected chi connectivity index (χ0v) is 9.92. The Morgan fingerprint density at radius 2 is 2.17 bits per heavy atom. The molecule has 1 atom stereocenters. The lowest BCUT2D eigenvalue weighted by Gasteiger charge is -2.08. The molecule has 0 saturated carbocycles. The molecule has 0 unspecified atom stereocenters. The number of aliphatic carboxylic acids is 1. The summed E-state index contributed by atoms with van der Waals surface area (Å²) in [6.07, 6.45) is -1.48. The van der Waals surface area contributed by atoms with Crippen LogP contribution in [0.3, 0.4) is 0 Å². The molecule has 1 amide bonds. The summed E-state index contributed by atoms with van der Waals surface area (Å²) < 4.78 is 5.02. The minimum Gasteiger partial charge on any atom is -0.497 e. The maximum atomic E-state index is 11.5. The van der Waals surface area contributed by atoms with Crippen molar-refractivity contribution in [1.82, 2.24) is 5.32 Å². The maximum absolute atomic E-state index is 11.5. The predicted octanol–water partition coefficient (Wildman–Crippen LogP) is -0.201. The molecule has 0 fully saturated rings. The van der Waals surface area contributed by atoms with E-state index in [1.165, 1.54) is 7.11 Å². The molecule has 0 bridgehead atoms. The molecule has 0 aliphatic rings. The standard InChI is InChI=1S/C12H15NO5/c1-18-9-4-2-3-8(5-9)6-11(15)13-7-10(14)12(16)17/h2-5,10,14H,6-7H2,1H3,(H,13,15)(H,16,17)/t10-/m0/s1. The monoisotopic (exact) mass is 253 g/mol. The van der Waals surface area contributed by atoms with Crippen molar-refractivity contribution in [2.45, 2.75) is 12.5 Å². The SMILES string of the molecule is COc1cccc(CC(=O)NC[C@H](O)C(=O)O)c1. The van der Waals surface area contributed by atoms with Crippen molar-refractivity contribution in [2.24, 2.45) is 0 Å². The molecular formula is C12H15NO5. The van der Waals surface area contributed by atoms with Gasteiger partial charge in [0, 0.05) is 0 Å². The van der Waals surface area contributed by atoms with Crippen LogP contribution in [0.4, 0.5) is 0 Å². The van der Waals surface area contributed by atoms with E-state index in [2.05, 4.69) is 5.32 Å². The van der Waals surface area contributed by atoms with Crippen LogP contribution >= 0.6 is 0 Å². The maximum Gasteiger partial charge on any atom is 0.334 e. The van der Waals surface area contributed by atoms with Crippen molar-refractivity contribution in [2.75, 3.05) is 13.7 Å². The van der Waals surface area contributed by atoms with Crippen LogP contribution in [0.2, 0.25) is 0 Å². The van der Waals surface area contributed by atoms with Gasteiger partial charge in [-0.3, -0.25) is 4.79 Å². The number of amides is 1. The molecule has 6 nitrogen and oxygen atoms in total. The van der Waals surface area contributed by atoms with E-state index in [-0.39, 0.29) is 18.9 Å². The second-order valence-electron chi connectivity index (χ2n) is 3.69. The second-order valence-corrected chi connectivity index (χ2v) is 3.69. The second kappa shape index (κ2) is 6.61. The highest BCUT2D eigenvalue weighted by molar-refractivity contribution is 5.80. The van der Waals surface area contributed by atoms with E-state index in [0.717, 1.165) is 5.56 Å². The molecular weight excluding hydrogens is 238 g/mol. The average Bonchev–Trinajstić information content (AvgIpc) is 2.36. The summed E-state index contributed by atoms with van der Waals surface area (Å²) in [6, 6.07) is 6.99. The largest absolute Gasteiger partial charge is 0.497 e. The zero-order chi connectivity index (χ0) is 13.5. The Hall–Kier alpha value is -2.08. The summed E-state index contributed by atoms with van der Waals surface area (Å²) in [7, 11) is 1.53. The molecule has 6 heteroatoms. The number of hydrogen-bond acceptors (Lipinski definition) is 4. The highest BCUT2D eigenvalue weighted by Gasteiger charge is 2.14. The number of carboxylic acid groups (broad SMARTS) is 1. The van der Waals surface area contributed by atoms with Crippen LogP contribution < -0.4 is 10.1 Å². The minimum atomic E-state index is -1.58. The summed E-state index contributed by atoms with van der Waals surface area (Å²) in [4.78, 5) is 21.8. The van der Waals surface area contributed by atoms with Crippen LogP contribution in [0.5, 0.6) is 5.75 Å². The Labute approximate surface area is 104 Å². The molecule has 0 aliphatic carbocycles. The molecule has 0 aliphatic heterocycles. The van der Waals surface area contributed by atoms with Crippen molar-refractivity contribution < 1.29 is 24.5 Å². The summed E-state index contributed by atoms with van der Waals surface area (Å²) >= 11 is 0. The number of nitrogens with one attached hydrogen (secondary N) is 1. The number of benzene rings is 1. The smallest absolute Gasteiger partial charge is 0.334 e. The molecule has 98 valence electrons. The van der Waals surface area contributed by atoms with E-state index >= 15 is 0 Å². The van der Waals surface area contributed by atoms with Crippen LogP contribution in [0, 0.1) is 0 Å². The van der Waals surface area contributed by atoms with Gasteiger partial charge < -0.3 is 20.3 Å². The van der Waals surface area contributed by atoms with Gasteiger partial charge in [-0.25, -0.2) is 4.79 Å². The Balaban J connectivity index is 2.46. The van der Waals surface area contributed by atoms with Crippen LogP contribution in [0.1, 0.15) is 5.56 Å². The van der Waals surface area contributed by atoms with Gasteiger partial charge in [-0.15, -0.1) is 0 Å². The fourth-order valence-electron chi connectivity index (χ4n) is 1.33. The molecule has 1 aromatic rings. The van der Waals surface area contributed by atoms with Gasteiger partial charge in [0.2, 0.25) is 5.91 Å². The molecule has 1 aromatic carbocycles. The third-order valence-electron chi connectivity index (χ3n) is 2.28. The van der Waals surface area contributed by atoms with Gasteiger partial charge in [-0.05, 0) is 17.7 Å². The van der Waals surface area contributed by atoms with Crippen LogP contribution in [-0.4, -0.2) is 41.8 Å². The number of hydrogen-bond donors (Lipinski definition) is 3. The number of carbonyl (C=O) groups excluding carboxylic acids is 1. The lowest BCUT2D eigenvalue weighted by atomic mass is 10.1. The number of carbonyl (C=O) groups is 2. The number of ether oxygens (including phenoxy) is 1. The summed E-state index contributed by atoms with van der Waals surface area (Å²) in [6.45, 7) is -0.307. The molecule has 18 heavy (non-hydrogen) atoms. The van der Waals surface area contributed by atoms with Crippen molar-refractivity contribution in [3.8, 4) is 5.75 Å². The topological polar surface area (TPSA) is 95.9 Å². The van der Waals surface area contributed by atoms with Gasteiger partial charge >= 0.3 is 5.97 Å². The fraction of sp³-hybridized carbons (Fsp3) is 0.333. The van der Waals surface area contributed by atoms with Crippen molar-refractivity contribution in [3.05, 3.63) is 29.8 Å². The first-order valence-corrected chi connectivity index (χ1v) is 5.33. The summed E-state index contributed by atoms with van der Waals surface area (Å²) in [5.74, 6) is -1.08. The van der Waals surface area contributed by atoms with Gasteiger partial charge in [0.05, 0.1) is 20.1 Å². The molecule has 0 heterocycles. The molecule has 3 N–H and O–H groups in total. The normalized spacial score (nSPS) is 11.7.